The van der Waals surface area contributed by atoms with Crippen molar-refractivity contribution in [1.29, 1.82) is 0 Å². The van der Waals surface area contributed by atoms with Gasteiger partial charge in [-0.25, -0.2) is 4.79 Å². The Bertz CT molecular complexity index is 896. The summed E-state index contributed by atoms with van der Waals surface area (Å²) in [5, 5.41) is 2.20. The Morgan fingerprint density at radius 3 is 2.40 bits per heavy atom. The van der Waals surface area contributed by atoms with Gasteiger partial charge in [0.1, 0.15) is 16.9 Å². The van der Waals surface area contributed by atoms with E-state index >= 15 is 0 Å². The predicted octanol–water partition coefficient (Wildman–Crippen LogP) is 4.03. The van der Waals surface area contributed by atoms with Crippen LogP contribution in [-0.4, -0.2) is 0 Å². The van der Waals surface area contributed by atoms with E-state index in [9.17, 15) is 4.79 Å². The van der Waals surface area contributed by atoms with Crippen LogP contribution in [0.2, 0.25) is 0 Å². The molecule has 4 rings (SSSR count). The lowest BCUT2D eigenvalue weighted by molar-refractivity contribution is 0.532. The standard InChI is InChI=1S/C17H16O3/c1-9-10(2)19-15-8-16-14(7-13(9)15)11-5-3-4-6-12(11)17(18)20-16/h7-8H,3-6H2,1-2H3. The molecule has 0 fully saturated rings. The smallest absolute Gasteiger partial charge is 0.339 e. The van der Waals surface area contributed by atoms with Crippen molar-refractivity contribution >= 4 is 21.9 Å². The molecule has 0 N–H and O–H groups in total. The third-order valence-corrected chi connectivity index (χ3v) is 4.52. The van der Waals surface area contributed by atoms with E-state index in [1.165, 1.54) is 5.56 Å². The van der Waals surface area contributed by atoms with Crippen LogP contribution in [0.4, 0.5) is 0 Å². The Kier molecular flexibility index (Phi) is 2.34. The first-order valence-electron chi connectivity index (χ1n) is 7.13. The van der Waals surface area contributed by atoms with Gasteiger partial charge in [0.2, 0.25) is 0 Å². The summed E-state index contributed by atoms with van der Waals surface area (Å²) < 4.78 is 11.2. The molecule has 3 heteroatoms. The van der Waals surface area contributed by atoms with E-state index in [1.54, 1.807) is 0 Å². The summed E-state index contributed by atoms with van der Waals surface area (Å²) in [5.41, 5.74) is 4.50. The van der Waals surface area contributed by atoms with Crippen molar-refractivity contribution in [3.8, 4) is 0 Å². The quantitative estimate of drug-likeness (QED) is 0.578. The fraction of sp³-hybridized carbons (Fsp3) is 0.353. The molecule has 3 nitrogen and oxygen atoms in total. The van der Waals surface area contributed by atoms with Crippen molar-refractivity contribution in [2.75, 3.05) is 0 Å². The summed E-state index contributed by atoms with van der Waals surface area (Å²) in [4.78, 5) is 12.1. The number of fused-ring (bicyclic) bond motifs is 4. The van der Waals surface area contributed by atoms with Crippen molar-refractivity contribution in [1.82, 2.24) is 0 Å². The summed E-state index contributed by atoms with van der Waals surface area (Å²) >= 11 is 0. The monoisotopic (exact) mass is 268 g/mol. The van der Waals surface area contributed by atoms with Gasteiger partial charge in [-0.15, -0.1) is 0 Å². The van der Waals surface area contributed by atoms with Crippen LogP contribution in [0.3, 0.4) is 0 Å². The highest BCUT2D eigenvalue weighted by Gasteiger charge is 2.19. The highest BCUT2D eigenvalue weighted by atomic mass is 16.4. The Hall–Kier alpha value is -2.03. The Morgan fingerprint density at radius 1 is 0.900 bits per heavy atom. The van der Waals surface area contributed by atoms with Gasteiger partial charge >= 0.3 is 5.63 Å². The minimum absolute atomic E-state index is 0.174. The summed E-state index contributed by atoms with van der Waals surface area (Å²) in [5.74, 6) is 0.923. The zero-order valence-corrected chi connectivity index (χ0v) is 11.7. The van der Waals surface area contributed by atoms with E-state index < -0.39 is 0 Å². The van der Waals surface area contributed by atoms with E-state index in [-0.39, 0.29) is 5.63 Å². The van der Waals surface area contributed by atoms with Crippen LogP contribution in [0.15, 0.2) is 25.8 Å². The Morgan fingerprint density at radius 2 is 1.60 bits per heavy atom. The van der Waals surface area contributed by atoms with E-state index in [0.29, 0.717) is 5.58 Å². The second-order valence-electron chi connectivity index (χ2n) is 5.68. The van der Waals surface area contributed by atoms with Gasteiger partial charge in [0.15, 0.2) is 0 Å². The number of aryl methyl sites for hydroxylation is 3. The van der Waals surface area contributed by atoms with Crippen LogP contribution in [0.1, 0.15) is 35.3 Å². The molecular formula is C17H16O3. The molecule has 20 heavy (non-hydrogen) atoms. The molecule has 2 aromatic heterocycles. The molecule has 0 amide bonds. The molecule has 0 radical (unpaired) electrons. The Balaban J connectivity index is 2.18. The van der Waals surface area contributed by atoms with Crippen LogP contribution < -0.4 is 5.63 Å². The molecule has 0 spiro atoms. The molecule has 1 aromatic carbocycles. The van der Waals surface area contributed by atoms with Gasteiger partial charge in [-0.3, -0.25) is 0 Å². The lowest BCUT2D eigenvalue weighted by Crippen LogP contribution is -2.15. The fourth-order valence-electron chi connectivity index (χ4n) is 3.28. The van der Waals surface area contributed by atoms with Crippen molar-refractivity contribution in [2.24, 2.45) is 0 Å². The van der Waals surface area contributed by atoms with Gasteiger partial charge in [-0.2, -0.15) is 0 Å². The lowest BCUT2D eigenvalue weighted by atomic mass is 9.90. The molecule has 0 saturated heterocycles. The van der Waals surface area contributed by atoms with Gasteiger partial charge in [0.05, 0.1) is 0 Å². The molecular weight excluding hydrogens is 252 g/mol. The van der Waals surface area contributed by atoms with Crippen molar-refractivity contribution in [2.45, 2.75) is 39.5 Å². The number of rotatable bonds is 0. The molecule has 1 aliphatic rings. The maximum Gasteiger partial charge on any atom is 0.339 e. The summed E-state index contributed by atoms with van der Waals surface area (Å²) in [6.07, 6.45) is 4.04. The van der Waals surface area contributed by atoms with E-state index in [4.69, 9.17) is 8.83 Å². The maximum atomic E-state index is 12.1. The van der Waals surface area contributed by atoms with Crippen LogP contribution in [0.25, 0.3) is 21.9 Å². The van der Waals surface area contributed by atoms with Gasteiger partial charge < -0.3 is 8.83 Å². The minimum atomic E-state index is -0.174. The van der Waals surface area contributed by atoms with Crippen molar-refractivity contribution < 1.29 is 8.83 Å². The predicted molar refractivity (Wildman–Crippen MR) is 78.4 cm³/mol. The van der Waals surface area contributed by atoms with Crippen molar-refractivity contribution in [3.05, 3.63) is 45.0 Å². The normalized spacial score (nSPS) is 14.9. The molecule has 0 bridgehead atoms. The largest absolute Gasteiger partial charge is 0.461 e. The van der Waals surface area contributed by atoms with E-state index in [0.717, 1.165) is 58.9 Å². The minimum Gasteiger partial charge on any atom is -0.461 e. The van der Waals surface area contributed by atoms with Gasteiger partial charge in [0.25, 0.3) is 0 Å². The third-order valence-electron chi connectivity index (χ3n) is 4.52. The molecule has 0 atom stereocenters. The summed E-state index contributed by atoms with van der Waals surface area (Å²) in [6.45, 7) is 4.03. The number of benzene rings is 1. The van der Waals surface area contributed by atoms with Crippen LogP contribution in [0, 0.1) is 13.8 Å². The Labute approximate surface area is 116 Å². The number of hydrogen-bond acceptors (Lipinski definition) is 3. The van der Waals surface area contributed by atoms with Crippen molar-refractivity contribution in [3.63, 3.8) is 0 Å². The summed E-state index contributed by atoms with van der Waals surface area (Å²) in [7, 11) is 0. The second-order valence-corrected chi connectivity index (χ2v) is 5.68. The molecule has 0 saturated carbocycles. The van der Waals surface area contributed by atoms with Crippen LogP contribution in [-0.2, 0) is 12.8 Å². The molecule has 102 valence electrons. The van der Waals surface area contributed by atoms with Gasteiger partial charge in [-0.1, -0.05) is 0 Å². The lowest BCUT2D eigenvalue weighted by Gasteiger charge is -2.15. The first-order valence-corrected chi connectivity index (χ1v) is 7.13. The number of hydrogen-bond donors (Lipinski definition) is 0. The molecule has 0 aliphatic heterocycles. The first-order chi connectivity index (χ1) is 9.65. The highest BCUT2D eigenvalue weighted by molar-refractivity contribution is 5.96. The van der Waals surface area contributed by atoms with E-state index in [1.807, 2.05) is 13.0 Å². The third kappa shape index (κ3) is 1.49. The SMILES string of the molecule is Cc1oc2cc3oc(=O)c4c(c3cc2c1C)CCCC4. The zero-order valence-electron chi connectivity index (χ0n) is 11.7. The number of furan rings is 1. The fourth-order valence-corrected chi connectivity index (χ4v) is 3.28. The zero-order chi connectivity index (χ0) is 13.9. The average molecular weight is 268 g/mol. The molecule has 1 aliphatic carbocycles. The highest BCUT2D eigenvalue weighted by Crippen LogP contribution is 2.33. The van der Waals surface area contributed by atoms with E-state index in [2.05, 4.69) is 13.0 Å². The van der Waals surface area contributed by atoms with Crippen LogP contribution in [0.5, 0.6) is 0 Å². The van der Waals surface area contributed by atoms with Gasteiger partial charge in [0, 0.05) is 22.4 Å². The van der Waals surface area contributed by atoms with Crippen LogP contribution >= 0.6 is 0 Å². The molecule has 2 heterocycles. The first kappa shape index (κ1) is 11.8. The van der Waals surface area contributed by atoms with Gasteiger partial charge in [-0.05, 0) is 56.7 Å². The molecule has 0 unspecified atom stereocenters. The topological polar surface area (TPSA) is 43.4 Å². The molecule has 3 aromatic rings. The maximum absolute atomic E-state index is 12.1. The summed E-state index contributed by atoms with van der Waals surface area (Å²) in [6, 6.07) is 3.99. The average Bonchev–Trinajstić information content (AvgIpc) is 2.72. The second kappa shape index (κ2) is 3.98.